The Hall–Kier alpha value is -2.90. The molecule has 0 unspecified atom stereocenters. The SMILES string of the molecule is C=C/C(C(N)=O)=C(\C=C1/CC(F)=CC=C1OC[C@H]1NC(=O)[C@H](F)[C@H]1C)OC. The van der Waals surface area contributed by atoms with Gasteiger partial charge in [0.25, 0.3) is 11.8 Å². The number of ether oxygens (including phenoxy) is 2. The van der Waals surface area contributed by atoms with Gasteiger partial charge < -0.3 is 20.5 Å². The van der Waals surface area contributed by atoms with Gasteiger partial charge >= 0.3 is 0 Å². The summed E-state index contributed by atoms with van der Waals surface area (Å²) < 4.78 is 38.3. The Balaban J connectivity index is 2.24. The van der Waals surface area contributed by atoms with Gasteiger partial charge in [0.2, 0.25) is 0 Å². The first-order chi connectivity index (χ1) is 12.8. The summed E-state index contributed by atoms with van der Waals surface area (Å²) in [5.41, 5.74) is 5.73. The molecule has 0 aromatic rings. The minimum Gasteiger partial charge on any atom is -0.496 e. The summed E-state index contributed by atoms with van der Waals surface area (Å²) in [6, 6.07) is -0.503. The van der Waals surface area contributed by atoms with E-state index in [0.29, 0.717) is 11.3 Å². The van der Waals surface area contributed by atoms with E-state index in [1.807, 2.05) is 0 Å². The predicted octanol–water partition coefficient (Wildman–Crippen LogP) is 2.11. The maximum Gasteiger partial charge on any atom is 0.255 e. The second-order valence-corrected chi connectivity index (χ2v) is 6.23. The van der Waals surface area contributed by atoms with Gasteiger partial charge in [-0.15, -0.1) is 0 Å². The highest BCUT2D eigenvalue weighted by molar-refractivity contribution is 5.95. The first-order valence-corrected chi connectivity index (χ1v) is 8.33. The summed E-state index contributed by atoms with van der Waals surface area (Å²) in [5, 5.41) is 2.53. The van der Waals surface area contributed by atoms with E-state index in [1.165, 1.54) is 31.4 Å². The van der Waals surface area contributed by atoms with Crippen molar-refractivity contribution in [3.8, 4) is 0 Å². The van der Waals surface area contributed by atoms with Crippen LogP contribution >= 0.6 is 0 Å². The Bertz CT molecular complexity index is 768. The quantitative estimate of drug-likeness (QED) is 0.402. The van der Waals surface area contributed by atoms with E-state index in [1.54, 1.807) is 6.92 Å². The molecule has 2 rings (SSSR count). The molecule has 2 amide bonds. The third-order valence-electron chi connectivity index (χ3n) is 4.44. The van der Waals surface area contributed by atoms with Gasteiger partial charge in [-0.25, -0.2) is 8.78 Å². The molecule has 1 aliphatic carbocycles. The molecular weight excluding hydrogens is 358 g/mol. The Morgan fingerprint density at radius 3 is 2.70 bits per heavy atom. The normalized spacial score (nSPS) is 27.3. The van der Waals surface area contributed by atoms with Crippen molar-refractivity contribution in [3.63, 3.8) is 0 Å². The summed E-state index contributed by atoms with van der Waals surface area (Å²) in [4.78, 5) is 22.9. The Morgan fingerprint density at radius 2 is 2.19 bits per heavy atom. The molecule has 146 valence electrons. The van der Waals surface area contributed by atoms with Crippen LogP contribution in [0.1, 0.15) is 13.3 Å². The van der Waals surface area contributed by atoms with E-state index in [0.717, 1.165) is 0 Å². The van der Waals surface area contributed by atoms with Crippen molar-refractivity contribution in [3.05, 3.63) is 59.4 Å². The van der Waals surface area contributed by atoms with Crippen LogP contribution in [0.2, 0.25) is 0 Å². The fourth-order valence-corrected chi connectivity index (χ4v) is 2.80. The van der Waals surface area contributed by atoms with E-state index in [4.69, 9.17) is 15.2 Å². The summed E-state index contributed by atoms with van der Waals surface area (Å²) >= 11 is 0. The average Bonchev–Trinajstić information content (AvgIpc) is 2.87. The number of methoxy groups -OCH3 is 1. The first kappa shape index (κ1) is 20.4. The van der Waals surface area contributed by atoms with Crippen molar-refractivity contribution in [1.29, 1.82) is 0 Å². The molecule has 0 saturated carbocycles. The highest BCUT2D eigenvalue weighted by Gasteiger charge is 2.40. The van der Waals surface area contributed by atoms with Gasteiger partial charge in [0.1, 0.15) is 24.0 Å². The smallest absolute Gasteiger partial charge is 0.255 e. The standard InChI is InChI=1S/C19H22F2N2O4/c1-4-13(18(22)24)16(26-3)8-11-7-12(20)5-6-15(11)27-9-14-10(2)17(21)19(25)23-14/h4-6,8,10,14,17H,1,7,9H2,2-3H3,(H2,22,24)(H,23,25)/b11-8+,16-13-/t10-,14+,17+/m0/s1. The number of rotatable bonds is 7. The van der Waals surface area contributed by atoms with Crippen LogP contribution in [0.5, 0.6) is 0 Å². The van der Waals surface area contributed by atoms with Gasteiger partial charge in [-0.05, 0) is 18.2 Å². The van der Waals surface area contributed by atoms with E-state index in [2.05, 4.69) is 11.9 Å². The molecule has 27 heavy (non-hydrogen) atoms. The second-order valence-electron chi connectivity index (χ2n) is 6.23. The van der Waals surface area contributed by atoms with Crippen molar-refractivity contribution in [1.82, 2.24) is 5.32 Å². The van der Waals surface area contributed by atoms with Gasteiger partial charge in [-0.3, -0.25) is 9.59 Å². The minimum atomic E-state index is -1.58. The van der Waals surface area contributed by atoms with Crippen LogP contribution in [-0.2, 0) is 19.1 Å². The maximum absolute atomic E-state index is 13.8. The number of alkyl halides is 1. The minimum absolute atomic E-state index is 0.0160. The van der Waals surface area contributed by atoms with E-state index >= 15 is 0 Å². The zero-order valence-electron chi connectivity index (χ0n) is 15.1. The second kappa shape index (κ2) is 8.66. The summed E-state index contributed by atoms with van der Waals surface area (Å²) in [7, 11) is 1.34. The number of nitrogens with one attached hydrogen (secondary N) is 1. The van der Waals surface area contributed by atoms with Crippen molar-refractivity contribution >= 4 is 11.8 Å². The van der Waals surface area contributed by atoms with Crippen LogP contribution in [0.3, 0.4) is 0 Å². The lowest BCUT2D eigenvalue weighted by molar-refractivity contribution is -0.123. The number of hydrogen-bond donors (Lipinski definition) is 2. The molecule has 0 bridgehead atoms. The van der Waals surface area contributed by atoms with Gasteiger partial charge in [0.15, 0.2) is 6.17 Å². The number of carbonyl (C=O) groups is 2. The zero-order valence-corrected chi connectivity index (χ0v) is 15.1. The van der Waals surface area contributed by atoms with Gasteiger partial charge in [-0.2, -0.15) is 0 Å². The molecule has 1 fully saturated rings. The van der Waals surface area contributed by atoms with Crippen LogP contribution in [0.15, 0.2) is 59.4 Å². The van der Waals surface area contributed by atoms with Gasteiger partial charge in [-0.1, -0.05) is 19.6 Å². The maximum atomic E-state index is 13.8. The highest BCUT2D eigenvalue weighted by Crippen LogP contribution is 2.29. The topological polar surface area (TPSA) is 90.7 Å². The summed E-state index contributed by atoms with van der Waals surface area (Å²) in [6.45, 7) is 5.14. The Kier molecular flexibility index (Phi) is 6.55. The average molecular weight is 380 g/mol. The molecule has 2 aliphatic rings. The van der Waals surface area contributed by atoms with Gasteiger partial charge in [0, 0.05) is 17.9 Å². The third kappa shape index (κ3) is 4.64. The van der Waals surface area contributed by atoms with Crippen LogP contribution < -0.4 is 11.1 Å². The Morgan fingerprint density at radius 1 is 1.48 bits per heavy atom. The molecule has 0 aromatic carbocycles. The predicted molar refractivity (Wildman–Crippen MR) is 95.3 cm³/mol. The van der Waals surface area contributed by atoms with E-state index < -0.39 is 35.8 Å². The highest BCUT2D eigenvalue weighted by atomic mass is 19.1. The third-order valence-corrected chi connectivity index (χ3v) is 4.44. The summed E-state index contributed by atoms with van der Waals surface area (Å²) in [5.74, 6) is -1.93. The van der Waals surface area contributed by atoms with Gasteiger partial charge in [0.05, 0.1) is 18.7 Å². The number of allylic oxidation sites excluding steroid dienone is 5. The zero-order chi connectivity index (χ0) is 20.1. The van der Waals surface area contributed by atoms with Crippen molar-refractivity contribution in [2.75, 3.05) is 13.7 Å². The van der Waals surface area contributed by atoms with Crippen LogP contribution in [0.25, 0.3) is 0 Å². The Labute approximate surface area is 156 Å². The molecule has 0 spiro atoms. The molecule has 6 nitrogen and oxygen atoms in total. The number of primary amides is 1. The number of hydrogen-bond acceptors (Lipinski definition) is 4. The molecule has 0 aromatic heterocycles. The summed E-state index contributed by atoms with van der Waals surface area (Å²) in [6.07, 6.45) is 3.69. The molecule has 0 radical (unpaired) electrons. The van der Waals surface area contributed by atoms with E-state index in [9.17, 15) is 18.4 Å². The largest absolute Gasteiger partial charge is 0.496 e. The fraction of sp³-hybridized carbons (Fsp3) is 0.368. The van der Waals surface area contributed by atoms with Crippen LogP contribution in [0.4, 0.5) is 8.78 Å². The number of nitrogens with two attached hydrogens (primary N) is 1. The first-order valence-electron chi connectivity index (χ1n) is 8.33. The number of amides is 2. The molecule has 1 aliphatic heterocycles. The van der Waals surface area contributed by atoms with Crippen molar-refractivity contribution in [2.24, 2.45) is 11.7 Å². The molecule has 8 heteroatoms. The fourth-order valence-electron chi connectivity index (χ4n) is 2.80. The lowest BCUT2D eigenvalue weighted by Gasteiger charge is -2.21. The van der Waals surface area contributed by atoms with E-state index in [-0.39, 0.29) is 24.4 Å². The molecule has 1 heterocycles. The van der Waals surface area contributed by atoms with Crippen LogP contribution in [0, 0.1) is 5.92 Å². The lowest BCUT2D eigenvalue weighted by Crippen LogP contribution is -2.32. The molecule has 1 saturated heterocycles. The molecule has 3 N–H and O–H groups in total. The molecular formula is C19H22F2N2O4. The van der Waals surface area contributed by atoms with Crippen LogP contribution in [-0.4, -0.2) is 37.7 Å². The monoisotopic (exact) mass is 380 g/mol. The van der Waals surface area contributed by atoms with Crippen molar-refractivity contribution < 1.29 is 27.8 Å². The van der Waals surface area contributed by atoms with Crippen molar-refractivity contribution in [2.45, 2.75) is 25.6 Å². The number of carbonyl (C=O) groups excluding carboxylic acids is 2. The molecule has 3 atom stereocenters. The number of halogens is 2. The lowest BCUT2D eigenvalue weighted by atomic mass is 10.0.